The van der Waals surface area contributed by atoms with E-state index in [9.17, 15) is 14.7 Å². The second kappa shape index (κ2) is 12.4. The number of benzene rings is 2. The highest BCUT2D eigenvalue weighted by atomic mass is 16.5. The van der Waals surface area contributed by atoms with Gasteiger partial charge in [0.05, 0.1) is 29.7 Å². The monoisotopic (exact) mass is 530 g/mol. The Balaban J connectivity index is 1.44. The summed E-state index contributed by atoms with van der Waals surface area (Å²) in [7, 11) is 0. The second-order valence-electron chi connectivity index (χ2n) is 9.53. The maximum absolute atomic E-state index is 12.9. The van der Waals surface area contributed by atoms with Gasteiger partial charge in [0.15, 0.2) is 0 Å². The lowest BCUT2D eigenvalue weighted by Crippen LogP contribution is -2.37. The summed E-state index contributed by atoms with van der Waals surface area (Å²) >= 11 is 0. The van der Waals surface area contributed by atoms with Crippen LogP contribution in [0.25, 0.3) is 16.9 Å². The summed E-state index contributed by atoms with van der Waals surface area (Å²) in [5.74, 6) is -0.0996. The molecule has 0 aliphatic heterocycles. The van der Waals surface area contributed by atoms with E-state index in [1.165, 1.54) is 0 Å². The van der Waals surface area contributed by atoms with Crippen molar-refractivity contribution < 1.29 is 24.2 Å². The van der Waals surface area contributed by atoms with Crippen LogP contribution in [0.1, 0.15) is 53.5 Å². The quantitative estimate of drug-likeness (QED) is 0.195. The number of aliphatic hydroxyl groups is 1. The van der Waals surface area contributed by atoms with Crippen molar-refractivity contribution in [2.24, 2.45) is 0 Å². The third-order valence-electron chi connectivity index (χ3n) is 6.15. The molecule has 2 heterocycles. The van der Waals surface area contributed by atoms with Gasteiger partial charge < -0.3 is 30.0 Å². The number of fused-ring (bicyclic) bond motifs is 1. The normalized spacial score (nSPS) is 11.9. The molecule has 4 rings (SSSR count). The number of rotatable bonds is 11. The van der Waals surface area contributed by atoms with Crippen molar-refractivity contribution >= 4 is 23.2 Å². The zero-order chi connectivity index (χ0) is 27.9. The Bertz CT molecular complexity index is 1450. The third-order valence-corrected chi connectivity index (χ3v) is 6.15. The van der Waals surface area contributed by atoms with Crippen LogP contribution in [0.2, 0.25) is 0 Å². The molecule has 39 heavy (non-hydrogen) atoms. The number of pyridine rings is 1. The van der Waals surface area contributed by atoms with Crippen LogP contribution in [0.4, 0.5) is 5.69 Å². The van der Waals surface area contributed by atoms with Gasteiger partial charge in [-0.05, 0) is 69.5 Å². The molecule has 4 aromatic rings. The van der Waals surface area contributed by atoms with Gasteiger partial charge in [-0.15, -0.1) is 0 Å². The first kappa shape index (κ1) is 27.7. The average molecular weight is 531 g/mol. The minimum absolute atomic E-state index is 0.0239. The molecule has 0 radical (unpaired) electrons. The van der Waals surface area contributed by atoms with Gasteiger partial charge in [0, 0.05) is 36.2 Å². The number of aromatic nitrogens is 2. The number of anilines is 1. The van der Waals surface area contributed by atoms with Crippen molar-refractivity contribution in [2.75, 3.05) is 18.9 Å². The molecule has 0 saturated carbocycles. The van der Waals surface area contributed by atoms with Crippen LogP contribution >= 0.6 is 0 Å². The van der Waals surface area contributed by atoms with Gasteiger partial charge in [-0.2, -0.15) is 0 Å². The molecule has 1 amide bonds. The number of carbonyl (C=O) groups excluding carboxylic acids is 2. The van der Waals surface area contributed by atoms with E-state index in [-0.39, 0.29) is 30.6 Å². The van der Waals surface area contributed by atoms with Crippen molar-refractivity contribution in [3.05, 3.63) is 83.7 Å². The van der Waals surface area contributed by atoms with Gasteiger partial charge in [0.2, 0.25) is 0 Å². The average Bonchev–Trinajstić information content (AvgIpc) is 3.34. The number of amides is 1. The minimum atomic E-state index is -0.376. The topological polar surface area (TPSA) is 128 Å². The zero-order valence-corrected chi connectivity index (χ0v) is 22.4. The van der Waals surface area contributed by atoms with Crippen LogP contribution in [-0.4, -0.2) is 51.7 Å². The van der Waals surface area contributed by atoms with Gasteiger partial charge in [-0.1, -0.05) is 24.3 Å². The Morgan fingerprint density at radius 2 is 1.85 bits per heavy atom. The Labute approximate surface area is 227 Å². The van der Waals surface area contributed by atoms with Crippen LogP contribution < -0.4 is 15.8 Å². The van der Waals surface area contributed by atoms with Crippen molar-refractivity contribution in [2.45, 2.75) is 45.8 Å². The maximum Gasteiger partial charge on any atom is 0.338 e. The first-order valence-electron chi connectivity index (χ1n) is 13.0. The van der Waals surface area contributed by atoms with Gasteiger partial charge in [0.1, 0.15) is 11.4 Å². The highest BCUT2D eigenvalue weighted by molar-refractivity contribution is 5.95. The Morgan fingerprint density at radius 3 is 2.51 bits per heavy atom. The van der Waals surface area contributed by atoms with E-state index in [1.54, 1.807) is 43.5 Å². The largest absolute Gasteiger partial charge is 0.489 e. The maximum atomic E-state index is 12.9. The number of aliphatic hydroxyl groups excluding tert-OH is 1. The van der Waals surface area contributed by atoms with E-state index in [4.69, 9.17) is 15.2 Å². The molecule has 2 aromatic heterocycles. The van der Waals surface area contributed by atoms with E-state index in [2.05, 4.69) is 10.3 Å². The van der Waals surface area contributed by atoms with Crippen molar-refractivity contribution in [3.8, 4) is 17.0 Å². The van der Waals surface area contributed by atoms with Gasteiger partial charge in [-0.3, -0.25) is 4.79 Å². The van der Waals surface area contributed by atoms with Crippen LogP contribution in [0.5, 0.6) is 5.75 Å². The number of carbonyl (C=O) groups is 2. The van der Waals surface area contributed by atoms with E-state index in [0.717, 1.165) is 16.8 Å². The second-order valence-corrected chi connectivity index (χ2v) is 9.53. The molecule has 0 spiro atoms. The highest BCUT2D eigenvalue weighted by Crippen LogP contribution is 2.24. The minimum Gasteiger partial charge on any atom is -0.489 e. The van der Waals surface area contributed by atoms with E-state index < -0.39 is 0 Å². The summed E-state index contributed by atoms with van der Waals surface area (Å²) in [5, 5.41) is 12.6. The smallest absolute Gasteiger partial charge is 0.338 e. The first-order valence-corrected chi connectivity index (χ1v) is 13.0. The summed E-state index contributed by atoms with van der Waals surface area (Å²) < 4.78 is 12.6. The molecule has 0 aliphatic carbocycles. The Morgan fingerprint density at radius 1 is 1.08 bits per heavy atom. The number of hydrogen-bond acceptors (Lipinski definition) is 7. The summed E-state index contributed by atoms with van der Waals surface area (Å²) in [4.78, 5) is 29.6. The molecule has 9 heteroatoms. The molecule has 204 valence electrons. The number of imidazole rings is 1. The predicted octanol–water partition coefficient (Wildman–Crippen LogP) is 4.27. The Hall–Kier alpha value is -4.37. The summed E-state index contributed by atoms with van der Waals surface area (Å²) in [6, 6.07) is 16.0. The number of nitrogen functional groups attached to an aromatic ring is 1. The highest BCUT2D eigenvalue weighted by Gasteiger charge is 2.16. The number of esters is 1. The molecule has 0 fully saturated rings. The van der Waals surface area contributed by atoms with Gasteiger partial charge in [-0.25, -0.2) is 9.78 Å². The van der Waals surface area contributed by atoms with Gasteiger partial charge >= 0.3 is 5.97 Å². The van der Waals surface area contributed by atoms with Crippen molar-refractivity contribution in [3.63, 3.8) is 0 Å². The lowest BCUT2D eigenvalue weighted by molar-refractivity contribution is 0.0526. The van der Waals surface area contributed by atoms with E-state index >= 15 is 0 Å². The summed E-state index contributed by atoms with van der Waals surface area (Å²) in [6.45, 7) is 5.85. The van der Waals surface area contributed by atoms with Crippen LogP contribution in [0, 0.1) is 0 Å². The van der Waals surface area contributed by atoms with E-state index in [1.807, 2.05) is 48.7 Å². The number of ether oxygens (including phenoxy) is 2. The summed E-state index contributed by atoms with van der Waals surface area (Å²) in [6.07, 6.45) is 4.62. The van der Waals surface area contributed by atoms with E-state index in [0.29, 0.717) is 47.7 Å². The first-order chi connectivity index (χ1) is 18.8. The molecular weight excluding hydrogens is 496 g/mol. The lowest BCUT2D eigenvalue weighted by atomic mass is 10.0. The molecular formula is C30H34N4O5. The fourth-order valence-corrected chi connectivity index (χ4v) is 4.26. The SMILES string of the molecule is CCOC(=O)c1ccn2cc(-c3ccc(C[C@@H](CCO)NC(=O)c4ccc(OC(C)C)c(N)c4)cc3)nc2c1. The molecule has 9 nitrogen and oxygen atoms in total. The molecule has 0 unspecified atom stereocenters. The molecule has 0 saturated heterocycles. The summed E-state index contributed by atoms with van der Waals surface area (Å²) in [5.41, 5.74) is 10.7. The van der Waals surface area contributed by atoms with Crippen LogP contribution in [0.15, 0.2) is 67.0 Å². The fourth-order valence-electron chi connectivity index (χ4n) is 4.26. The van der Waals surface area contributed by atoms with Crippen LogP contribution in [-0.2, 0) is 11.2 Å². The predicted molar refractivity (Wildman–Crippen MR) is 150 cm³/mol. The number of nitrogens with one attached hydrogen (secondary N) is 1. The Kier molecular flexibility index (Phi) is 8.83. The van der Waals surface area contributed by atoms with Crippen molar-refractivity contribution in [1.82, 2.24) is 14.7 Å². The standard InChI is InChI=1S/C30H34N4O5/c1-4-38-30(37)23-11-13-34-18-26(33-28(34)17-23)21-7-5-20(6-8-21)15-24(12-14-35)32-29(36)22-9-10-27(25(31)16-22)39-19(2)3/h5-11,13,16-19,24,35H,4,12,14-15,31H2,1-3H3,(H,32,36)/t24-/m1/s1. The molecule has 0 bridgehead atoms. The zero-order valence-electron chi connectivity index (χ0n) is 22.4. The number of nitrogens with two attached hydrogens (primary N) is 1. The third kappa shape index (κ3) is 6.94. The number of hydrogen-bond donors (Lipinski definition) is 3. The lowest BCUT2D eigenvalue weighted by Gasteiger charge is -2.19. The molecule has 1 atom stereocenters. The molecule has 2 aromatic carbocycles. The molecule has 0 aliphatic rings. The fraction of sp³-hybridized carbons (Fsp3) is 0.300. The van der Waals surface area contributed by atoms with Crippen LogP contribution in [0.3, 0.4) is 0 Å². The number of nitrogens with zero attached hydrogens (tertiary/aromatic N) is 2. The molecule has 4 N–H and O–H groups in total. The van der Waals surface area contributed by atoms with Gasteiger partial charge in [0.25, 0.3) is 5.91 Å². The van der Waals surface area contributed by atoms with Crippen molar-refractivity contribution in [1.29, 1.82) is 0 Å².